The Morgan fingerprint density at radius 2 is 1.89 bits per heavy atom. The molecule has 144 valence electrons. The van der Waals surface area contributed by atoms with E-state index in [9.17, 15) is 0 Å². The molecule has 0 spiro atoms. The molecule has 0 aliphatic rings. The van der Waals surface area contributed by atoms with Crippen molar-refractivity contribution in [3.63, 3.8) is 0 Å². The van der Waals surface area contributed by atoms with E-state index in [2.05, 4.69) is 55.8 Å². The Labute approximate surface area is 176 Å². The quantitative estimate of drug-likeness (QED) is 0.335. The first-order valence-electron chi connectivity index (χ1n) is 8.58. The fourth-order valence-corrected chi connectivity index (χ4v) is 2.73. The first-order chi connectivity index (χ1) is 12.6. The molecule has 2 heterocycles. The molecule has 3 aromatic rings. The van der Waals surface area contributed by atoms with Gasteiger partial charge in [-0.15, -0.1) is 34.2 Å². The van der Waals surface area contributed by atoms with Crippen LogP contribution in [0.3, 0.4) is 0 Å². The molecule has 0 amide bonds. The summed E-state index contributed by atoms with van der Waals surface area (Å²) in [5, 5.41) is 15.0. The van der Waals surface area contributed by atoms with E-state index in [0.29, 0.717) is 13.1 Å². The van der Waals surface area contributed by atoms with E-state index in [-0.39, 0.29) is 24.0 Å². The van der Waals surface area contributed by atoms with Crippen LogP contribution in [0.25, 0.3) is 5.65 Å². The van der Waals surface area contributed by atoms with Gasteiger partial charge in [-0.1, -0.05) is 12.1 Å². The number of hydrogen-bond donors (Lipinski definition) is 2. The van der Waals surface area contributed by atoms with E-state index in [1.807, 2.05) is 42.9 Å². The zero-order chi connectivity index (χ0) is 18.5. The van der Waals surface area contributed by atoms with Crippen molar-refractivity contribution in [1.82, 2.24) is 25.2 Å². The third-order valence-corrected chi connectivity index (χ3v) is 4.31. The minimum absolute atomic E-state index is 0. The maximum absolute atomic E-state index is 4.29. The largest absolute Gasteiger partial charge is 0.378 e. The monoisotopic (exact) mass is 479 g/mol. The lowest BCUT2D eigenvalue weighted by Crippen LogP contribution is -2.36. The van der Waals surface area contributed by atoms with Gasteiger partial charge in [0.25, 0.3) is 0 Å². The molecule has 0 aliphatic heterocycles. The van der Waals surface area contributed by atoms with Crippen LogP contribution in [0.4, 0.5) is 5.69 Å². The molecular weight excluding hydrogens is 453 g/mol. The second kappa shape index (κ2) is 9.54. The number of nitrogens with zero attached hydrogens (tertiary/aromatic N) is 5. The lowest BCUT2D eigenvalue weighted by Gasteiger charge is -2.16. The number of rotatable bonds is 5. The van der Waals surface area contributed by atoms with Crippen molar-refractivity contribution in [2.24, 2.45) is 4.99 Å². The van der Waals surface area contributed by atoms with Gasteiger partial charge in [0.15, 0.2) is 17.4 Å². The molecule has 2 aromatic heterocycles. The van der Waals surface area contributed by atoms with Gasteiger partial charge < -0.3 is 15.5 Å². The van der Waals surface area contributed by atoms with Crippen LogP contribution in [-0.4, -0.2) is 41.7 Å². The minimum atomic E-state index is 0. The van der Waals surface area contributed by atoms with Gasteiger partial charge in [0.05, 0.1) is 6.54 Å². The van der Waals surface area contributed by atoms with E-state index >= 15 is 0 Å². The van der Waals surface area contributed by atoms with Crippen LogP contribution in [0, 0.1) is 6.92 Å². The van der Waals surface area contributed by atoms with Crippen LogP contribution < -0.4 is 15.5 Å². The third kappa shape index (κ3) is 5.09. The van der Waals surface area contributed by atoms with Gasteiger partial charge in [0, 0.05) is 39.6 Å². The number of pyridine rings is 1. The smallest absolute Gasteiger partial charge is 0.191 e. The van der Waals surface area contributed by atoms with Gasteiger partial charge in [0.2, 0.25) is 0 Å². The molecule has 0 fully saturated rings. The van der Waals surface area contributed by atoms with Gasteiger partial charge in [-0.05, 0) is 42.3 Å². The zero-order valence-electron chi connectivity index (χ0n) is 16.1. The SMILES string of the molecule is CN=C(NCc1ccc(N(C)C)cc1C)NCc1nnc2ccccn12.I. The second-order valence-corrected chi connectivity index (χ2v) is 6.33. The summed E-state index contributed by atoms with van der Waals surface area (Å²) >= 11 is 0. The highest BCUT2D eigenvalue weighted by Gasteiger charge is 2.07. The molecule has 0 aliphatic carbocycles. The third-order valence-electron chi connectivity index (χ3n) is 4.31. The standard InChI is InChI=1S/C19H25N7.HI/c1-14-11-16(25(3)4)9-8-15(14)12-21-19(20-2)22-13-18-24-23-17-7-5-6-10-26(17)18;/h5-11H,12-13H2,1-4H3,(H2,20,21,22);1H. The Balaban J connectivity index is 0.00000261. The molecule has 2 N–H and O–H groups in total. The van der Waals surface area contributed by atoms with Gasteiger partial charge in [-0.2, -0.15) is 0 Å². The van der Waals surface area contributed by atoms with Crippen LogP contribution in [0.1, 0.15) is 17.0 Å². The van der Waals surface area contributed by atoms with E-state index < -0.39 is 0 Å². The number of benzene rings is 1. The number of aromatic nitrogens is 3. The highest BCUT2D eigenvalue weighted by atomic mass is 127. The lowest BCUT2D eigenvalue weighted by atomic mass is 10.1. The molecule has 0 saturated carbocycles. The summed E-state index contributed by atoms with van der Waals surface area (Å²) in [7, 11) is 5.86. The number of guanidine groups is 1. The van der Waals surface area contributed by atoms with Crippen LogP contribution in [0.5, 0.6) is 0 Å². The van der Waals surface area contributed by atoms with Crippen molar-refractivity contribution in [3.8, 4) is 0 Å². The van der Waals surface area contributed by atoms with Gasteiger partial charge >= 0.3 is 0 Å². The summed E-state index contributed by atoms with van der Waals surface area (Å²) in [5.41, 5.74) is 4.53. The molecule has 3 rings (SSSR count). The number of halogens is 1. The summed E-state index contributed by atoms with van der Waals surface area (Å²) in [6.45, 7) is 3.38. The summed E-state index contributed by atoms with van der Waals surface area (Å²) in [5.74, 6) is 1.57. The highest BCUT2D eigenvalue weighted by Crippen LogP contribution is 2.17. The summed E-state index contributed by atoms with van der Waals surface area (Å²) in [6.07, 6.45) is 1.96. The molecule has 8 heteroatoms. The van der Waals surface area contributed by atoms with E-state index in [1.165, 1.54) is 16.8 Å². The first kappa shape index (κ1) is 20.9. The van der Waals surface area contributed by atoms with E-state index in [4.69, 9.17) is 0 Å². The zero-order valence-corrected chi connectivity index (χ0v) is 18.4. The molecule has 0 unspecified atom stereocenters. The van der Waals surface area contributed by atoms with E-state index in [0.717, 1.165) is 17.4 Å². The summed E-state index contributed by atoms with van der Waals surface area (Å²) < 4.78 is 1.96. The van der Waals surface area contributed by atoms with Crippen molar-refractivity contribution in [2.45, 2.75) is 20.0 Å². The van der Waals surface area contributed by atoms with Gasteiger partial charge in [0.1, 0.15) is 0 Å². The van der Waals surface area contributed by atoms with Crippen LogP contribution in [0.15, 0.2) is 47.6 Å². The fourth-order valence-electron chi connectivity index (χ4n) is 2.73. The molecule has 0 atom stereocenters. The number of aryl methyl sites for hydroxylation is 1. The Bertz CT molecular complexity index is 917. The predicted molar refractivity (Wildman–Crippen MR) is 121 cm³/mol. The summed E-state index contributed by atoms with van der Waals surface area (Å²) in [6, 6.07) is 12.3. The van der Waals surface area contributed by atoms with Crippen molar-refractivity contribution in [1.29, 1.82) is 0 Å². The Morgan fingerprint density at radius 1 is 1.11 bits per heavy atom. The molecule has 0 bridgehead atoms. The Hall–Kier alpha value is -2.36. The molecule has 1 aromatic carbocycles. The molecule has 0 radical (unpaired) electrons. The maximum atomic E-state index is 4.29. The van der Waals surface area contributed by atoms with Gasteiger partial charge in [-0.25, -0.2) is 0 Å². The Kier molecular flexibility index (Phi) is 7.40. The normalized spacial score (nSPS) is 11.2. The number of hydrogen-bond acceptors (Lipinski definition) is 4. The molecular formula is C19H26IN7. The van der Waals surface area contributed by atoms with Crippen molar-refractivity contribution in [2.75, 3.05) is 26.0 Å². The van der Waals surface area contributed by atoms with Crippen LogP contribution in [-0.2, 0) is 13.1 Å². The van der Waals surface area contributed by atoms with Crippen molar-refractivity contribution in [3.05, 3.63) is 59.5 Å². The van der Waals surface area contributed by atoms with Crippen LogP contribution >= 0.6 is 24.0 Å². The first-order valence-corrected chi connectivity index (χ1v) is 8.58. The van der Waals surface area contributed by atoms with E-state index in [1.54, 1.807) is 7.05 Å². The number of nitrogens with one attached hydrogen (secondary N) is 2. The Morgan fingerprint density at radius 3 is 2.59 bits per heavy atom. The lowest BCUT2D eigenvalue weighted by molar-refractivity contribution is 0.761. The second-order valence-electron chi connectivity index (χ2n) is 6.33. The van der Waals surface area contributed by atoms with Gasteiger partial charge in [-0.3, -0.25) is 9.39 Å². The highest BCUT2D eigenvalue weighted by molar-refractivity contribution is 14.0. The fraction of sp³-hybridized carbons (Fsp3) is 0.316. The average Bonchev–Trinajstić information content (AvgIpc) is 3.06. The average molecular weight is 479 g/mol. The predicted octanol–water partition coefficient (Wildman–Crippen LogP) is 2.59. The topological polar surface area (TPSA) is 69.8 Å². The van der Waals surface area contributed by atoms with Crippen LogP contribution in [0.2, 0.25) is 0 Å². The number of anilines is 1. The molecule has 27 heavy (non-hydrogen) atoms. The number of fused-ring (bicyclic) bond motifs is 1. The summed E-state index contributed by atoms with van der Waals surface area (Å²) in [4.78, 5) is 6.39. The maximum Gasteiger partial charge on any atom is 0.191 e. The molecule has 7 nitrogen and oxygen atoms in total. The minimum Gasteiger partial charge on any atom is -0.378 e. The van der Waals surface area contributed by atoms with Crippen molar-refractivity contribution >= 4 is 41.3 Å². The molecule has 0 saturated heterocycles. The van der Waals surface area contributed by atoms with Crippen molar-refractivity contribution < 1.29 is 0 Å². The number of aliphatic imine (C=N–C) groups is 1.